The van der Waals surface area contributed by atoms with E-state index in [1.807, 2.05) is 63.2 Å². The first kappa shape index (κ1) is 17.0. The molecule has 2 aromatic rings. The van der Waals surface area contributed by atoms with Crippen LogP contribution < -0.4 is 16.4 Å². The van der Waals surface area contributed by atoms with Gasteiger partial charge in [0.15, 0.2) is 0 Å². The van der Waals surface area contributed by atoms with Crippen molar-refractivity contribution in [3.05, 3.63) is 42.5 Å². The first-order valence-electron chi connectivity index (χ1n) is 7.60. The van der Waals surface area contributed by atoms with E-state index >= 15 is 0 Å². The van der Waals surface area contributed by atoms with Crippen molar-refractivity contribution in [2.24, 2.45) is 11.1 Å². The predicted octanol–water partition coefficient (Wildman–Crippen LogP) is 2.27. The molecule has 0 aliphatic carbocycles. The fourth-order valence-corrected chi connectivity index (χ4v) is 2.20. The molecule has 0 heterocycles. The minimum Gasteiger partial charge on any atom is -0.346 e. The minimum absolute atomic E-state index is 0.105. The third-order valence-electron chi connectivity index (χ3n) is 3.70. The van der Waals surface area contributed by atoms with E-state index in [0.717, 1.165) is 16.5 Å². The molecule has 122 valence electrons. The van der Waals surface area contributed by atoms with Crippen molar-refractivity contribution in [2.75, 3.05) is 11.9 Å². The van der Waals surface area contributed by atoms with Crippen LogP contribution in [0.2, 0.25) is 0 Å². The van der Waals surface area contributed by atoms with Crippen LogP contribution in [-0.4, -0.2) is 24.4 Å². The summed E-state index contributed by atoms with van der Waals surface area (Å²) in [6.07, 6.45) is 0. The third kappa shape index (κ3) is 4.29. The monoisotopic (exact) mass is 313 g/mol. The minimum atomic E-state index is -0.659. The lowest BCUT2D eigenvalue weighted by atomic mass is 9.87. The largest absolute Gasteiger partial charge is 0.346 e. The van der Waals surface area contributed by atoms with Crippen molar-refractivity contribution >= 4 is 28.3 Å². The van der Waals surface area contributed by atoms with Crippen molar-refractivity contribution in [2.45, 2.75) is 26.8 Å². The number of nitrogens with one attached hydrogen (secondary N) is 2. The Bertz CT molecular complexity index is 714. The lowest BCUT2D eigenvalue weighted by molar-refractivity contribution is -0.126. The smallest absolute Gasteiger partial charge is 0.243 e. The van der Waals surface area contributed by atoms with Gasteiger partial charge >= 0.3 is 0 Å². The van der Waals surface area contributed by atoms with Gasteiger partial charge in [0.1, 0.15) is 0 Å². The molecule has 0 aromatic heterocycles. The third-order valence-corrected chi connectivity index (χ3v) is 3.70. The van der Waals surface area contributed by atoms with E-state index in [-0.39, 0.29) is 23.8 Å². The van der Waals surface area contributed by atoms with Gasteiger partial charge in [-0.05, 0) is 16.9 Å². The highest BCUT2D eigenvalue weighted by molar-refractivity contribution is 6.03. The zero-order valence-electron chi connectivity index (χ0n) is 13.7. The van der Waals surface area contributed by atoms with Gasteiger partial charge in [-0.3, -0.25) is 9.59 Å². The van der Waals surface area contributed by atoms with Crippen molar-refractivity contribution in [1.29, 1.82) is 0 Å². The molecule has 0 fully saturated rings. The number of hydrogen-bond donors (Lipinski definition) is 3. The molecule has 0 saturated heterocycles. The van der Waals surface area contributed by atoms with Crippen molar-refractivity contribution in [1.82, 2.24) is 5.32 Å². The van der Waals surface area contributed by atoms with Gasteiger partial charge in [0.2, 0.25) is 11.8 Å². The normalized spacial score (nSPS) is 12.7. The van der Waals surface area contributed by atoms with E-state index in [1.165, 1.54) is 0 Å². The number of fused-ring (bicyclic) bond motifs is 1. The quantitative estimate of drug-likeness (QED) is 0.809. The molecule has 2 rings (SSSR count). The summed E-state index contributed by atoms with van der Waals surface area (Å²) in [7, 11) is 0. The van der Waals surface area contributed by atoms with Crippen molar-refractivity contribution in [3.63, 3.8) is 0 Å². The second kappa shape index (κ2) is 6.79. The van der Waals surface area contributed by atoms with Gasteiger partial charge in [0.25, 0.3) is 0 Å². The number of nitrogens with two attached hydrogens (primary N) is 1. The van der Waals surface area contributed by atoms with E-state index in [1.54, 1.807) is 0 Å². The number of benzene rings is 2. The van der Waals surface area contributed by atoms with Gasteiger partial charge < -0.3 is 16.4 Å². The number of rotatable bonds is 4. The van der Waals surface area contributed by atoms with Crippen LogP contribution in [0.3, 0.4) is 0 Å². The zero-order chi connectivity index (χ0) is 17.0. The summed E-state index contributed by atoms with van der Waals surface area (Å²) in [5.74, 6) is -0.610. The van der Waals surface area contributed by atoms with Crippen LogP contribution in [0, 0.1) is 5.41 Å². The molecule has 0 radical (unpaired) electrons. The number of hydrogen-bond acceptors (Lipinski definition) is 3. The van der Waals surface area contributed by atoms with Crippen LogP contribution in [-0.2, 0) is 9.59 Å². The van der Waals surface area contributed by atoms with Crippen LogP contribution in [0.1, 0.15) is 20.8 Å². The Hall–Kier alpha value is -2.40. The van der Waals surface area contributed by atoms with Gasteiger partial charge in [-0.2, -0.15) is 0 Å². The molecule has 0 aliphatic heterocycles. The standard InChI is InChI=1S/C18H23N3O2/c1-18(2,3)16(19)17(23)20-11-15(22)21-14-10-6-8-12-7-4-5-9-13(12)14/h4-10,16H,11,19H2,1-3H3,(H,20,23)(H,21,22)/t16-/m1/s1. The van der Waals surface area contributed by atoms with Crippen LogP contribution in [0.15, 0.2) is 42.5 Å². The van der Waals surface area contributed by atoms with E-state index < -0.39 is 6.04 Å². The summed E-state index contributed by atoms with van der Waals surface area (Å²) in [5, 5.41) is 7.41. The topological polar surface area (TPSA) is 84.2 Å². The lowest BCUT2D eigenvalue weighted by Crippen LogP contribution is -2.50. The van der Waals surface area contributed by atoms with Crippen molar-refractivity contribution in [3.8, 4) is 0 Å². The average Bonchev–Trinajstić information content (AvgIpc) is 2.51. The first-order valence-corrected chi connectivity index (χ1v) is 7.60. The Kier molecular flexibility index (Phi) is 5.01. The maximum atomic E-state index is 12.1. The summed E-state index contributed by atoms with van der Waals surface area (Å²) in [5.41, 5.74) is 6.24. The van der Waals surface area contributed by atoms with Gasteiger partial charge in [-0.15, -0.1) is 0 Å². The maximum absolute atomic E-state index is 12.1. The maximum Gasteiger partial charge on any atom is 0.243 e. The molecular weight excluding hydrogens is 290 g/mol. The summed E-state index contributed by atoms with van der Waals surface area (Å²) < 4.78 is 0. The molecule has 23 heavy (non-hydrogen) atoms. The highest BCUT2D eigenvalue weighted by Gasteiger charge is 2.27. The number of amides is 2. The van der Waals surface area contributed by atoms with E-state index in [4.69, 9.17) is 5.73 Å². The van der Waals surface area contributed by atoms with E-state index in [2.05, 4.69) is 10.6 Å². The molecule has 5 heteroatoms. The van der Waals surface area contributed by atoms with E-state index in [0.29, 0.717) is 0 Å². The fraction of sp³-hybridized carbons (Fsp3) is 0.333. The Morgan fingerprint density at radius 3 is 2.43 bits per heavy atom. The Morgan fingerprint density at radius 1 is 1.09 bits per heavy atom. The Balaban J connectivity index is 1.98. The molecular formula is C18H23N3O2. The molecule has 4 N–H and O–H groups in total. The Labute approximate surface area is 136 Å². The van der Waals surface area contributed by atoms with Crippen molar-refractivity contribution < 1.29 is 9.59 Å². The SMILES string of the molecule is CC(C)(C)[C@H](N)C(=O)NCC(=O)Nc1cccc2ccccc12. The fourth-order valence-electron chi connectivity index (χ4n) is 2.20. The molecule has 0 saturated carbocycles. The molecule has 5 nitrogen and oxygen atoms in total. The highest BCUT2D eigenvalue weighted by atomic mass is 16.2. The zero-order valence-corrected chi connectivity index (χ0v) is 13.7. The molecule has 0 unspecified atom stereocenters. The van der Waals surface area contributed by atoms with Gasteiger partial charge in [-0.25, -0.2) is 0 Å². The first-order chi connectivity index (χ1) is 10.8. The highest BCUT2D eigenvalue weighted by Crippen LogP contribution is 2.22. The summed E-state index contributed by atoms with van der Waals surface area (Å²) in [6.45, 7) is 5.54. The van der Waals surface area contributed by atoms with Crippen LogP contribution in [0.5, 0.6) is 0 Å². The number of anilines is 1. The average molecular weight is 313 g/mol. The molecule has 2 amide bonds. The molecule has 0 bridgehead atoms. The summed E-state index contributed by atoms with van der Waals surface area (Å²) in [6, 6.07) is 12.8. The lowest BCUT2D eigenvalue weighted by Gasteiger charge is -2.25. The van der Waals surface area contributed by atoms with Crippen LogP contribution >= 0.6 is 0 Å². The molecule has 2 aromatic carbocycles. The number of carbonyl (C=O) groups is 2. The molecule has 0 aliphatic rings. The summed E-state index contributed by atoms with van der Waals surface area (Å²) in [4.78, 5) is 24.0. The second-order valence-electron chi connectivity index (χ2n) is 6.64. The van der Waals surface area contributed by atoms with E-state index in [9.17, 15) is 9.59 Å². The molecule has 1 atom stereocenters. The van der Waals surface area contributed by atoms with Gasteiger partial charge in [-0.1, -0.05) is 57.2 Å². The molecule has 0 spiro atoms. The van der Waals surface area contributed by atoms with Crippen LogP contribution in [0.4, 0.5) is 5.69 Å². The van der Waals surface area contributed by atoms with Gasteiger partial charge in [0.05, 0.1) is 12.6 Å². The number of carbonyl (C=O) groups excluding carboxylic acids is 2. The van der Waals surface area contributed by atoms with Gasteiger partial charge in [0, 0.05) is 11.1 Å². The summed E-state index contributed by atoms with van der Waals surface area (Å²) >= 11 is 0. The Morgan fingerprint density at radius 2 is 1.74 bits per heavy atom. The predicted molar refractivity (Wildman–Crippen MR) is 93.0 cm³/mol. The van der Waals surface area contributed by atoms with Crippen LogP contribution in [0.25, 0.3) is 10.8 Å². The second-order valence-corrected chi connectivity index (χ2v) is 6.64.